The Kier molecular flexibility index (Phi) is 8.96. The van der Waals surface area contributed by atoms with Crippen molar-refractivity contribution in [2.75, 3.05) is 11.8 Å². The molecule has 1 aliphatic rings. The molecule has 1 aliphatic heterocycles. The predicted octanol–water partition coefficient (Wildman–Crippen LogP) is 0.733. The van der Waals surface area contributed by atoms with Crippen LogP contribution in [0.5, 0.6) is 5.75 Å². The number of para-hydroxylation sites is 2. The standard InChI is InChI=1S/C20H25NO12/c1-10(22)28-9-16-17(29-11(2)23)18(30-12(3)24)19(31-13(4)25)20(33-16)32-15-8-6-5-7-14(15)21(26)27/h5-8,16-20,26-27H,9H2,1-4H3. The summed E-state index contributed by atoms with van der Waals surface area (Å²) in [7, 11) is 0. The van der Waals surface area contributed by atoms with E-state index in [0.29, 0.717) is 0 Å². The first-order chi connectivity index (χ1) is 15.5. The first kappa shape index (κ1) is 25.8. The van der Waals surface area contributed by atoms with E-state index in [1.54, 1.807) is 0 Å². The van der Waals surface area contributed by atoms with Crippen molar-refractivity contribution < 1.29 is 58.0 Å². The number of rotatable bonds is 8. The molecule has 1 aromatic rings. The van der Waals surface area contributed by atoms with E-state index in [1.165, 1.54) is 24.3 Å². The molecule has 33 heavy (non-hydrogen) atoms. The zero-order valence-corrected chi connectivity index (χ0v) is 18.3. The molecular weight excluding hydrogens is 446 g/mol. The van der Waals surface area contributed by atoms with Gasteiger partial charge in [-0.15, -0.1) is 5.23 Å². The number of nitrogens with zero attached hydrogens (tertiary/aromatic N) is 1. The molecule has 2 N–H and O–H groups in total. The Hall–Kier alpha value is -3.42. The summed E-state index contributed by atoms with van der Waals surface area (Å²) in [5.74, 6) is -3.13. The van der Waals surface area contributed by atoms with Gasteiger partial charge in [0.1, 0.15) is 18.4 Å². The number of hydrogen-bond acceptors (Lipinski definition) is 13. The van der Waals surface area contributed by atoms with Crippen molar-refractivity contribution in [2.45, 2.75) is 58.4 Å². The summed E-state index contributed by atoms with van der Waals surface area (Å²) in [6.45, 7) is 4.00. The Labute approximate surface area is 188 Å². The molecule has 1 fully saturated rings. The van der Waals surface area contributed by atoms with Crippen LogP contribution in [0, 0.1) is 0 Å². The van der Waals surface area contributed by atoms with E-state index in [2.05, 4.69) is 0 Å². The fourth-order valence-corrected chi connectivity index (χ4v) is 3.13. The molecule has 0 saturated carbocycles. The molecular formula is C20H25NO12. The van der Waals surface area contributed by atoms with Gasteiger partial charge < -0.3 is 28.4 Å². The fraction of sp³-hybridized carbons (Fsp3) is 0.500. The number of carbonyl (C=O) groups is 4. The van der Waals surface area contributed by atoms with Crippen LogP contribution in [0.4, 0.5) is 5.69 Å². The molecule has 5 atom stereocenters. The highest BCUT2D eigenvalue weighted by molar-refractivity contribution is 5.68. The Balaban J connectivity index is 2.50. The zero-order chi connectivity index (χ0) is 24.7. The number of esters is 4. The number of anilines is 1. The second-order valence-corrected chi connectivity index (χ2v) is 6.94. The summed E-state index contributed by atoms with van der Waals surface area (Å²) in [4.78, 5) is 46.7. The lowest BCUT2D eigenvalue weighted by Gasteiger charge is -2.44. The van der Waals surface area contributed by atoms with Crippen LogP contribution < -0.4 is 9.96 Å². The SMILES string of the molecule is CC(=O)OCC1OC(Oc2ccccc2N(O)O)C(OC(C)=O)C(OC(C)=O)C1OC(C)=O. The molecule has 1 aromatic carbocycles. The van der Waals surface area contributed by atoms with Crippen molar-refractivity contribution in [2.24, 2.45) is 0 Å². The van der Waals surface area contributed by atoms with Crippen molar-refractivity contribution in [3.05, 3.63) is 24.3 Å². The van der Waals surface area contributed by atoms with E-state index in [1.807, 2.05) is 0 Å². The van der Waals surface area contributed by atoms with Gasteiger partial charge in [-0.3, -0.25) is 29.6 Å². The fourth-order valence-electron chi connectivity index (χ4n) is 3.13. The molecule has 0 aromatic heterocycles. The van der Waals surface area contributed by atoms with Crippen molar-refractivity contribution in [3.63, 3.8) is 0 Å². The number of benzene rings is 1. The highest BCUT2D eigenvalue weighted by atomic mass is 16.8. The lowest BCUT2D eigenvalue weighted by atomic mass is 9.98. The topological polar surface area (TPSA) is 167 Å². The lowest BCUT2D eigenvalue weighted by Crippen LogP contribution is -2.63. The van der Waals surface area contributed by atoms with E-state index in [9.17, 15) is 29.6 Å². The molecule has 1 heterocycles. The molecule has 13 nitrogen and oxygen atoms in total. The maximum absolute atomic E-state index is 11.8. The third-order valence-corrected chi connectivity index (χ3v) is 4.27. The molecule has 182 valence electrons. The highest BCUT2D eigenvalue weighted by Gasteiger charge is 2.53. The Morgan fingerprint density at radius 3 is 1.94 bits per heavy atom. The monoisotopic (exact) mass is 471 g/mol. The first-order valence-corrected chi connectivity index (χ1v) is 9.73. The second-order valence-electron chi connectivity index (χ2n) is 6.94. The normalized spacial score (nSPS) is 24.2. The maximum Gasteiger partial charge on any atom is 0.303 e. The average molecular weight is 471 g/mol. The molecule has 0 amide bonds. The average Bonchev–Trinajstić information content (AvgIpc) is 2.70. The molecule has 0 aliphatic carbocycles. The summed E-state index contributed by atoms with van der Waals surface area (Å²) >= 11 is 0. The summed E-state index contributed by atoms with van der Waals surface area (Å²) in [5.41, 5.74) is -0.189. The van der Waals surface area contributed by atoms with E-state index < -0.39 is 61.2 Å². The minimum absolute atomic E-state index is 0.108. The third kappa shape index (κ3) is 7.30. The zero-order valence-electron chi connectivity index (χ0n) is 18.3. The van der Waals surface area contributed by atoms with Crippen LogP contribution >= 0.6 is 0 Å². The van der Waals surface area contributed by atoms with Crippen LogP contribution in [0.1, 0.15) is 27.7 Å². The van der Waals surface area contributed by atoms with Crippen molar-refractivity contribution >= 4 is 29.6 Å². The molecule has 0 spiro atoms. The van der Waals surface area contributed by atoms with Gasteiger partial charge in [0.25, 0.3) is 0 Å². The van der Waals surface area contributed by atoms with Crippen molar-refractivity contribution in [3.8, 4) is 5.75 Å². The number of hydrogen-bond donors (Lipinski definition) is 2. The molecule has 13 heteroatoms. The Bertz CT molecular complexity index is 872. The summed E-state index contributed by atoms with van der Waals surface area (Å²) in [6.07, 6.45) is -6.92. The molecule has 0 bridgehead atoms. The summed E-state index contributed by atoms with van der Waals surface area (Å²) in [5, 5.41) is 18.7. The van der Waals surface area contributed by atoms with E-state index in [4.69, 9.17) is 28.4 Å². The first-order valence-electron chi connectivity index (χ1n) is 9.73. The third-order valence-electron chi connectivity index (χ3n) is 4.27. The number of carbonyl (C=O) groups excluding carboxylic acids is 4. The van der Waals surface area contributed by atoms with Gasteiger partial charge in [-0.05, 0) is 12.1 Å². The van der Waals surface area contributed by atoms with Crippen molar-refractivity contribution in [1.29, 1.82) is 0 Å². The van der Waals surface area contributed by atoms with Crippen LogP contribution in [0.3, 0.4) is 0 Å². The molecule has 0 radical (unpaired) electrons. The van der Waals surface area contributed by atoms with Crippen LogP contribution in [-0.4, -0.2) is 71.6 Å². The Morgan fingerprint density at radius 1 is 0.848 bits per heavy atom. The quantitative estimate of drug-likeness (QED) is 0.310. The van der Waals surface area contributed by atoms with Crippen LogP contribution in [0.25, 0.3) is 0 Å². The summed E-state index contributed by atoms with van der Waals surface area (Å²) < 4.78 is 32.3. The van der Waals surface area contributed by atoms with Crippen molar-refractivity contribution in [1.82, 2.24) is 0 Å². The largest absolute Gasteiger partial charge is 0.463 e. The van der Waals surface area contributed by atoms with Gasteiger partial charge in [0.05, 0.1) is 0 Å². The molecule has 2 rings (SSSR count). The van der Waals surface area contributed by atoms with Gasteiger partial charge in [-0.25, -0.2) is 0 Å². The predicted molar refractivity (Wildman–Crippen MR) is 105 cm³/mol. The van der Waals surface area contributed by atoms with Gasteiger partial charge in [0, 0.05) is 27.7 Å². The van der Waals surface area contributed by atoms with Crippen LogP contribution in [0.2, 0.25) is 0 Å². The van der Waals surface area contributed by atoms with Gasteiger partial charge >= 0.3 is 23.9 Å². The number of ether oxygens (including phenoxy) is 6. The van der Waals surface area contributed by atoms with E-state index in [-0.39, 0.29) is 16.7 Å². The maximum atomic E-state index is 11.8. The van der Waals surface area contributed by atoms with Crippen LogP contribution in [0.15, 0.2) is 24.3 Å². The molecule has 5 unspecified atom stereocenters. The van der Waals surface area contributed by atoms with Crippen LogP contribution in [-0.2, 0) is 42.9 Å². The van der Waals surface area contributed by atoms with Gasteiger partial charge in [0.2, 0.25) is 12.4 Å². The lowest BCUT2D eigenvalue weighted by molar-refractivity contribution is -0.288. The van der Waals surface area contributed by atoms with E-state index in [0.717, 1.165) is 27.7 Å². The second kappa shape index (κ2) is 11.4. The minimum atomic E-state index is -1.51. The Morgan fingerprint density at radius 2 is 1.39 bits per heavy atom. The van der Waals surface area contributed by atoms with Gasteiger partial charge in [-0.2, -0.15) is 0 Å². The smallest absolute Gasteiger partial charge is 0.303 e. The van der Waals surface area contributed by atoms with E-state index >= 15 is 0 Å². The van der Waals surface area contributed by atoms with Gasteiger partial charge in [0.15, 0.2) is 18.0 Å². The minimum Gasteiger partial charge on any atom is -0.463 e. The highest BCUT2D eigenvalue weighted by Crippen LogP contribution is 2.34. The molecule has 1 saturated heterocycles. The van der Waals surface area contributed by atoms with Gasteiger partial charge in [-0.1, -0.05) is 12.1 Å². The summed E-state index contributed by atoms with van der Waals surface area (Å²) in [6, 6.07) is 5.69.